The normalized spacial score (nSPS) is 13.8. The van der Waals surface area contributed by atoms with Crippen molar-refractivity contribution < 1.29 is 42.1 Å². The van der Waals surface area contributed by atoms with Crippen LogP contribution in [0.1, 0.15) is 335 Å². The van der Waals surface area contributed by atoms with E-state index < -0.39 is 26.5 Å². The highest BCUT2D eigenvalue weighted by molar-refractivity contribution is 7.45. The molecule has 0 spiro atoms. The molecular formula is C84H146NO8P. The van der Waals surface area contributed by atoms with E-state index in [9.17, 15) is 19.0 Å². The first-order valence-electron chi connectivity index (χ1n) is 38.9. The van der Waals surface area contributed by atoms with E-state index in [1.807, 2.05) is 21.1 Å². The van der Waals surface area contributed by atoms with E-state index in [1.165, 1.54) is 199 Å². The van der Waals surface area contributed by atoms with Gasteiger partial charge in [-0.05, 0) is 116 Å². The molecule has 10 heteroatoms. The Bertz CT molecular complexity index is 2050. The van der Waals surface area contributed by atoms with Crippen LogP contribution in [-0.4, -0.2) is 70.0 Å². The van der Waals surface area contributed by atoms with Crippen molar-refractivity contribution in [3.63, 3.8) is 0 Å². The third kappa shape index (κ3) is 77.2. The van der Waals surface area contributed by atoms with Crippen molar-refractivity contribution in [1.29, 1.82) is 0 Å². The van der Waals surface area contributed by atoms with Crippen LogP contribution in [0, 0.1) is 0 Å². The highest BCUT2D eigenvalue weighted by Gasteiger charge is 2.22. The molecule has 0 fully saturated rings. The minimum atomic E-state index is -4.65. The summed E-state index contributed by atoms with van der Waals surface area (Å²) >= 11 is 0. The summed E-state index contributed by atoms with van der Waals surface area (Å²) in [7, 11) is 1.16. The summed E-state index contributed by atoms with van der Waals surface area (Å²) in [5.74, 6) is -0.830. The highest BCUT2D eigenvalue weighted by atomic mass is 31.2. The Morgan fingerprint density at radius 2 is 0.606 bits per heavy atom. The standard InChI is InChI=1S/C84H146NO8P/c1-6-8-10-12-14-16-18-20-22-24-26-28-30-32-34-36-38-40-41-42-43-45-47-49-51-53-55-57-59-61-63-65-67-69-71-73-75-77-84(87)93-82(81-92-94(88,89)91-79-78-85(3,4)5)80-90-83(86)76-74-72-70-68-66-64-62-60-58-56-54-52-50-48-46-44-39-37-35-33-31-29-27-25-23-21-19-17-15-13-11-9-7-2/h8,10,14,16,19-22,25-28,31-34,38,40,42-43,47,49,82H,6-7,9,11-13,15,17-18,23-24,29-30,35-37,39,41,44-46,48,50-81H2,1-5H3/b10-8-,16-14-,21-19-,22-20-,27-25-,28-26-,33-31-,34-32-,40-38-,43-42-,49-47-. The van der Waals surface area contributed by atoms with Crippen LogP contribution in [0.15, 0.2) is 134 Å². The van der Waals surface area contributed by atoms with Crippen LogP contribution in [0.2, 0.25) is 0 Å². The van der Waals surface area contributed by atoms with Gasteiger partial charge in [-0.25, -0.2) is 0 Å². The zero-order valence-corrected chi connectivity index (χ0v) is 62.5. The second kappa shape index (κ2) is 73.4. The van der Waals surface area contributed by atoms with E-state index in [0.717, 1.165) is 103 Å². The predicted octanol–water partition coefficient (Wildman–Crippen LogP) is 25.3. The van der Waals surface area contributed by atoms with Crippen LogP contribution in [0.5, 0.6) is 0 Å². The zero-order chi connectivity index (χ0) is 68.3. The number of likely N-dealkylation sites (N-methyl/N-ethyl adjacent to an activating group) is 1. The molecule has 0 bridgehead atoms. The van der Waals surface area contributed by atoms with Gasteiger partial charge in [0.05, 0.1) is 27.7 Å². The Balaban J connectivity index is 4.02. The largest absolute Gasteiger partial charge is 0.756 e. The van der Waals surface area contributed by atoms with Gasteiger partial charge in [0.1, 0.15) is 19.8 Å². The van der Waals surface area contributed by atoms with Gasteiger partial charge in [-0.3, -0.25) is 14.2 Å². The summed E-state index contributed by atoms with van der Waals surface area (Å²) in [6.07, 6.45) is 107. The van der Waals surface area contributed by atoms with E-state index in [4.69, 9.17) is 18.5 Å². The number of phosphoric acid groups is 1. The first-order chi connectivity index (χ1) is 46.0. The van der Waals surface area contributed by atoms with Gasteiger partial charge in [-0.2, -0.15) is 0 Å². The van der Waals surface area contributed by atoms with Crippen molar-refractivity contribution >= 4 is 19.8 Å². The number of unbranched alkanes of at least 4 members (excludes halogenated alkanes) is 35. The van der Waals surface area contributed by atoms with E-state index in [0.29, 0.717) is 17.4 Å². The van der Waals surface area contributed by atoms with Gasteiger partial charge in [-0.1, -0.05) is 340 Å². The molecule has 2 unspecified atom stereocenters. The first-order valence-corrected chi connectivity index (χ1v) is 40.4. The van der Waals surface area contributed by atoms with Gasteiger partial charge in [0.25, 0.3) is 7.82 Å². The lowest BCUT2D eigenvalue weighted by Crippen LogP contribution is -2.37. The molecule has 0 radical (unpaired) electrons. The van der Waals surface area contributed by atoms with Gasteiger partial charge in [-0.15, -0.1) is 0 Å². The number of quaternary nitrogens is 1. The zero-order valence-electron chi connectivity index (χ0n) is 61.6. The topological polar surface area (TPSA) is 111 Å². The second-order valence-corrected chi connectivity index (χ2v) is 28.4. The maximum absolute atomic E-state index is 12.9. The van der Waals surface area contributed by atoms with Crippen molar-refractivity contribution in [3.05, 3.63) is 134 Å². The molecule has 0 saturated heterocycles. The Morgan fingerprint density at radius 1 is 0.340 bits per heavy atom. The quantitative estimate of drug-likeness (QED) is 0.0195. The van der Waals surface area contributed by atoms with Crippen molar-refractivity contribution in [2.24, 2.45) is 0 Å². The molecule has 2 atom stereocenters. The summed E-state index contributed by atoms with van der Waals surface area (Å²) in [4.78, 5) is 38.2. The van der Waals surface area contributed by atoms with Crippen molar-refractivity contribution in [2.75, 3.05) is 47.5 Å². The lowest BCUT2D eigenvalue weighted by atomic mass is 10.0. The molecule has 0 N–H and O–H groups in total. The van der Waals surface area contributed by atoms with E-state index in [1.54, 1.807) is 0 Å². The van der Waals surface area contributed by atoms with Gasteiger partial charge in [0, 0.05) is 12.8 Å². The number of hydrogen-bond donors (Lipinski definition) is 0. The van der Waals surface area contributed by atoms with E-state index >= 15 is 0 Å². The number of carbonyl (C=O) groups excluding carboxylic acids is 2. The van der Waals surface area contributed by atoms with Crippen LogP contribution in [0.25, 0.3) is 0 Å². The molecule has 0 aliphatic rings. The van der Waals surface area contributed by atoms with Gasteiger partial charge in [0.15, 0.2) is 6.10 Å². The van der Waals surface area contributed by atoms with Crippen LogP contribution in [-0.2, 0) is 32.7 Å². The summed E-state index contributed by atoms with van der Waals surface area (Å²) in [6, 6.07) is 0. The molecular weight excluding hydrogens is 1180 g/mol. The third-order valence-electron chi connectivity index (χ3n) is 16.7. The maximum atomic E-state index is 12.9. The summed E-state index contributed by atoms with van der Waals surface area (Å²) < 4.78 is 34.4. The van der Waals surface area contributed by atoms with Crippen LogP contribution >= 0.6 is 7.82 Å². The van der Waals surface area contributed by atoms with Crippen LogP contribution in [0.4, 0.5) is 0 Å². The van der Waals surface area contributed by atoms with Gasteiger partial charge >= 0.3 is 11.9 Å². The number of allylic oxidation sites excluding steroid dienone is 22. The average Bonchev–Trinajstić information content (AvgIpc) is 1.56. The number of carbonyl (C=O) groups is 2. The Morgan fingerprint density at radius 3 is 0.904 bits per heavy atom. The van der Waals surface area contributed by atoms with Crippen LogP contribution < -0.4 is 4.89 Å². The molecule has 0 amide bonds. The molecule has 0 aliphatic heterocycles. The lowest BCUT2D eigenvalue weighted by molar-refractivity contribution is -0.870. The Hall–Kier alpha value is -3.85. The van der Waals surface area contributed by atoms with Crippen molar-refractivity contribution in [1.82, 2.24) is 0 Å². The van der Waals surface area contributed by atoms with E-state index in [2.05, 4.69) is 148 Å². The molecule has 94 heavy (non-hydrogen) atoms. The Labute approximate surface area is 581 Å². The summed E-state index contributed by atoms with van der Waals surface area (Å²) in [5.41, 5.74) is 0. The summed E-state index contributed by atoms with van der Waals surface area (Å²) in [5, 5.41) is 0. The molecule has 0 aromatic heterocycles. The molecule has 0 saturated carbocycles. The molecule has 0 rings (SSSR count). The summed E-state index contributed by atoms with van der Waals surface area (Å²) in [6.45, 7) is 4.14. The van der Waals surface area contributed by atoms with Gasteiger partial charge in [0.2, 0.25) is 0 Å². The number of esters is 2. The molecule has 540 valence electrons. The fraction of sp³-hybridized carbons (Fsp3) is 0.714. The molecule has 0 aromatic rings. The number of rotatable bonds is 71. The lowest BCUT2D eigenvalue weighted by Gasteiger charge is -2.28. The second-order valence-electron chi connectivity index (χ2n) is 27.0. The maximum Gasteiger partial charge on any atom is 0.306 e. The minimum absolute atomic E-state index is 0.0352. The molecule has 9 nitrogen and oxygen atoms in total. The van der Waals surface area contributed by atoms with Crippen molar-refractivity contribution in [2.45, 2.75) is 341 Å². The molecule has 0 aromatic carbocycles. The minimum Gasteiger partial charge on any atom is -0.756 e. The van der Waals surface area contributed by atoms with E-state index in [-0.39, 0.29) is 32.0 Å². The van der Waals surface area contributed by atoms with Crippen molar-refractivity contribution in [3.8, 4) is 0 Å². The predicted molar refractivity (Wildman–Crippen MR) is 406 cm³/mol. The van der Waals surface area contributed by atoms with Gasteiger partial charge < -0.3 is 27.9 Å². The number of hydrogen-bond acceptors (Lipinski definition) is 8. The first kappa shape index (κ1) is 90.2. The number of ether oxygens (including phenoxy) is 2. The Kier molecular flexibility index (Phi) is 70.4. The number of phosphoric ester groups is 1. The smallest absolute Gasteiger partial charge is 0.306 e. The fourth-order valence-electron chi connectivity index (χ4n) is 10.7. The average molecular weight is 1330 g/mol. The fourth-order valence-corrected chi connectivity index (χ4v) is 11.5. The third-order valence-corrected chi connectivity index (χ3v) is 17.6. The molecule has 0 aliphatic carbocycles. The van der Waals surface area contributed by atoms with Crippen LogP contribution in [0.3, 0.4) is 0 Å². The highest BCUT2D eigenvalue weighted by Crippen LogP contribution is 2.38. The molecule has 0 heterocycles. The number of nitrogens with zero attached hydrogens (tertiary/aromatic N) is 1. The monoisotopic (exact) mass is 1330 g/mol. The SMILES string of the molecule is CC/C=C\C/C=C\C/C=C\C/C=C\C/C=C\C/C=C\C/C=C\C/C=C\CCCCCCCCCCCCCCC(=O)OC(COC(=O)CCCCCCCCCCCCCCCCCCCC/C=C\C/C=C\C/C=C\CCCCCCC)COP(=O)([O-])OCC[N+](C)(C)C.